The minimum atomic E-state index is -0.213. The molecule has 4 rings (SSSR count). The van der Waals surface area contributed by atoms with Crippen LogP contribution in [0.25, 0.3) is 5.82 Å². The Morgan fingerprint density at radius 1 is 1.15 bits per heavy atom. The molecule has 0 amide bonds. The van der Waals surface area contributed by atoms with Crippen molar-refractivity contribution in [1.82, 2.24) is 24.8 Å². The predicted octanol–water partition coefficient (Wildman–Crippen LogP) is 4.12. The van der Waals surface area contributed by atoms with E-state index >= 15 is 0 Å². The molecule has 0 spiro atoms. The van der Waals surface area contributed by atoms with Crippen LogP contribution in [0.2, 0.25) is 0 Å². The first kappa shape index (κ1) is 22.9. The van der Waals surface area contributed by atoms with E-state index in [0.717, 1.165) is 34.0 Å². The van der Waals surface area contributed by atoms with Crippen LogP contribution in [0.15, 0.2) is 48.8 Å². The largest absolute Gasteiger partial charge is 0.469 e. The summed E-state index contributed by atoms with van der Waals surface area (Å²) in [7, 11) is 1.42. The number of carbonyl (C=O) groups is 1. The molecule has 0 saturated carbocycles. The average molecular weight is 464 g/mol. The molecule has 33 heavy (non-hydrogen) atoms. The molecular formula is C25H29N5O2S. The van der Waals surface area contributed by atoms with Gasteiger partial charge in [0.05, 0.1) is 24.9 Å². The van der Waals surface area contributed by atoms with Crippen LogP contribution in [0.5, 0.6) is 0 Å². The first-order valence-corrected chi connectivity index (χ1v) is 11.5. The van der Waals surface area contributed by atoms with E-state index in [1.54, 1.807) is 6.20 Å². The number of carbonyl (C=O) groups excluding carboxylic acids is 1. The lowest BCUT2D eigenvalue weighted by atomic mass is 9.96. The Kier molecular flexibility index (Phi) is 6.74. The number of hydrogen-bond acceptors (Lipinski definition) is 5. The number of nitrogens with zero attached hydrogens (tertiary/aromatic N) is 4. The summed E-state index contributed by atoms with van der Waals surface area (Å²) in [6.07, 6.45) is 4.64. The second kappa shape index (κ2) is 9.70. The summed E-state index contributed by atoms with van der Waals surface area (Å²) in [4.78, 5) is 23.1. The molecule has 2 atom stereocenters. The number of methoxy groups -OCH3 is 1. The van der Waals surface area contributed by atoms with Gasteiger partial charge in [0.2, 0.25) is 0 Å². The molecular weight excluding hydrogens is 434 g/mol. The second-order valence-electron chi connectivity index (χ2n) is 8.35. The van der Waals surface area contributed by atoms with Gasteiger partial charge in [0.15, 0.2) is 5.11 Å². The monoisotopic (exact) mass is 463 g/mol. The van der Waals surface area contributed by atoms with E-state index in [-0.39, 0.29) is 18.1 Å². The predicted molar refractivity (Wildman–Crippen MR) is 131 cm³/mol. The van der Waals surface area contributed by atoms with Gasteiger partial charge in [-0.25, -0.2) is 4.98 Å². The molecule has 1 aliphatic heterocycles. The summed E-state index contributed by atoms with van der Waals surface area (Å²) in [6, 6.07) is 12.1. The zero-order valence-electron chi connectivity index (χ0n) is 19.4. The molecule has 0 unspecified atom stereocenters. The highest BCUT2D eigenvalue weighted by Gasteiger charge is 2.41. The number of aryl methyl sites for hydroxylation is 2. The number of hydrogen-bond donors (Lipinski definition) is 1. The Hall–Kier alpha value is -3.26. The molecule has 1 aliphatic rings. The summed E-state index contributed by atoms with van der Waals surface area (Å²) in [5, 5.41) is 4.15. The molecule has 172 valence electrons. The maximum absolute atomic E-state index is 11.7. The number of pyridine rings is 2. The maximum Gasteiger partial charge on any atom is 0.305 e. The Morgan fingerprint density at radius 3 is 2.67 bits per heavy atom. The summed E-state index contributed by atoms with van der Waals surface area (Å²) in [6.45, 7) is 6.93. The van der Waals surface area contributed by atoms with Crippen LogP contribution < -0.4 is 5.32 Å². The van der Waals surface area contributed by atoms with Gasteiger partial charge in [0, 0.05) is 36.7 Å². The van der Waals surface area contributed by atoms with E-state index in [4.69, 9.17) is 17.0 Å². The van der Waals surface area contributed by atoms with Crippen LogP contribution >= 0.6 is 12.2 Å². The number of rotatable bonds is 7. The highest BCUT2D eigenvalue weighted by Crippen LogP contribution is 2.41. The highest BCUT2D eigenvalue weighted by molar-refractivity contribution is 7.80. The van der Waals surface area contributed by atoms with E-state index in [9.17, 15) is 4.79 Å². The fourth-order valence-corrected chi connectivity index (χ4v) is 4.89. The number of esters is 1. The van der Waals surface area contributed by atoms with E-state index < -0.39 is 0 Å². The van der Waals surface area contributed by atoms with Crippen molar-refractivity contribution in [3.63, 3.8) is 0 Å². The standard InChI is InChI=1S/C25H29N5O2S/c1-16-10-12-27-21(14-16)30-17(2)15-19(18(30)3)24-23(20-8-5-6-11-26-20)28-25(33)29(24)13-7-9-22(31)32-4/h5-6,8,10-12,14-15,23-24H,7,9,13H2,1-4H3,(H,28,33)/t23-,24+/m1/s1. The summed E-state index contributed by atoms with van der Waals surface area (Å²) in [5.41, 5.74) is 5.47. The van der Waals surface area contributed by atoms with Gasteiger partial charge in [-0.05, 0) is 80.9 Å². The van der Waals surface area contributed by atoms with Crippen molar-refractivity contribution in [3.05, 3.63) is 77.0 Å². The van der Waals surface area contributed by atoms with Gasteiger partial charge in [-0.15, -0.1) is 0 Å². The van der Waals surface area contributed by atoms with Gasteiger partial charge in [0.25, 0.3) is 0 Å². The van der Waals surface area contributed by atoms with Crippen LogP contribution in [0, 0.1) is 20.8 Å². The number of ether oxygens (including phenoxy) is 1. The van der Waals surface area contributed by atoms with Crippen LogP contribution in [-0.4, -0.2) is 44.2 Å². The van der Waals surface area contributed by atoms with Gasteiger partial charge >= 0.3 is 5.97 Å². The number of aromatic nitrogens is 3. The van der Waals surface area contributed by atoms with Crippen LogP contribution in [0.4, 0.5) is 0 Å². The minimum absolute atomic E-state index is 0.0604. The molecule has 1 fully saturated rings. The van der Waals surface area contributed by atoms with Crippen molar-refractivity contribution in [2.24, 2.45) is 0 Å². The third kappa shape index (κ3) is 4.61. The molecule has 0 aliphatic carbocycles. The summed E-state index contributed by atoms with van der Waals surface area (Å²) < 4.78 is 7.00. The topological polar surface area (TPSA) is 72.3 Å². The van der Waals surface area contributed by atoms with Crippen molar-refractivity contribution in [2.45, 2.75) is 45.7 Å². The zero-order valence-corrected chi connectivity index (χ0v) is 20.2. The fourth-order valence-electron chi connectivity index (χ4n) is 4.56. The molecule has 0 bridgehead atoms. The van der Waals surface area contributed by atoms with Crippen molar-refractivity contribution in [1.29, 1.82) is 0 Å². The molecule has 3 aromatic heterocycles. The van der Waals surface area contributed by atoms with Gasteiger partial charge in [-0.2, -0.15) is 0 Å². The van der Waals surface area contributed by atoms with Gasteiger partial charge in [-0.1, -0.05) is 6.07 Å². The lowest BCUT2D eigenvalue weighted by Gasteiger charge is -2.28. The molecule has 0 aromatic carbocycles. The van der Waals surface area contributed by atoms with Gasteiger partial charge in [0.1, 0.15) is 5.82 Å². The van der Waals surface area contributed by atoms with Crippen molar-refractivity contribution >= 4 is 23.3 Å². The van der Waals surface area contributed by atoms with Crippen LogP contribution in [0.1, 0.15) is 53.1 Å². The highest BCUT2D eigenvalue weighted by atomic mass is 32.1. The molecule has 0 radical (unpaired) electrons. The molecule has 4 heterocycles. The molecule has 1 N–H and O–H groups in total. The first-order chi connectivity index (χ1) is 15.9. The van der Waals surface area contributed by atoms with E-state index in [0.29, 0.717) is 24.5 Å². The summed E-state index contributed by atoms with van der Waals surface area (Å²) >= 11 is 5.75. The Labute approximate surface area is 199 Å². The maximum atomic E-state index is 11.7. The van der Waals surface area contributed by atoms with E-state index in [1.807, 2.05) is 30.5 Å². The number of thiocarbonyl (C=S) groups is 1. The van der Waals surface area contributed by atoms with Crippen molar-refractivity contribution < 1.29 is 9.53 Å². The zero-order chi connectivity index (χ0) is 23.5. The van der Waals surface area contributed by atoms with Crippen molar-refractivity contribution in [2.75, 3.05) is 13.7 Å². The van der Waals surface area contributed by atoms with Crippen LogP contribution in [0.3, 0.4) is 0 Å². The molecule has 1 saturated heterocycles. The van der Waals surface area contributed by atoms with Gasteiger partial charge < -0.3 is 19.5 Å². The normalized spacial score (nSPS) is 17.8. The Balaban J connectivity index is 1.75. The lowest BCUT2D eigenvalue weighted by Crippen LogP contribution is -2.31. The summed E-state index contributed by atoms with van der Waals surface area (Å²) in [5.74, 6) is 0.686. The smallest absolute Gasteiger partial charge is 0.305 e. The Morgan fingerprint density at radius 2 is 1.97 bits per heavy atom. The molecule has 7 nitrogen and oxygen atoms in total. The van der Waals surface area contributed by atoms with E-state index in [2.05, 4.69) is 57.7 Å². The number of nitrogens with one attached hydrogen (secondary N) is 1. The SMILES string of the molecule is COC(=O)CCCN1C(=S)N[C@H](c2ccccn2)[C@@H]1c1cc(C)n(-c2cc(C)ccn2)c1C. The van der Waals surface area contributed by atoms with Gasteiger partial charge in [-0.3, -0.25) is 9.78 Å². The molecule has 8 heteroatoms. The third-order valence-electron chi connectivity index (χ3n) is 6.12. The average Bonchev–Trinajstić information content (AvgIpc) is 3.29. The van der Waals surface area contributed by atoms with E-state index in [1.165, 1.54) is 7.11 Å². The third-order valence-corrected chi connectivity index (χ3v) is 6.48. The minimum Gasteiger partial charge on any atom is -0.469 e. The lowest BCUT2D eigenvalue weighted by molar-refractivity contribution is -0.140. The fraction of sp³-hybridized carbons (Fsp3) is 0.360. The van der Waals surface area contributed by atoms with Crippen molar-refractivity contribution in [3.8, 4) is 5.82 Å². The second-order valence-corrected chi connectivity index (χ2v) is 8.74. The molecule has 3 aromatic rings. The first-order valence-electron chi connectivity index (χ1n) is 11.1. The quantitative estimate of drug-likeness (QED) is 0.417. The van der Waals surface area contributed by atoms with Crippen LogP contribution in [-0.2, 0) is 9.53 Å². The Bertz CT molecular complexity index is 1160.